The highest BCUT2D eigenvalue weighted by molar-refractivity contribution is 5.96. The van der Waals surface area contributed by atoms with Crippen molar-refractivity contribution in [2.45, 2.75) is 62.8 Å². The molecule has 0 spiro atoms. The third kappa shape index (κ3) is 5.13. The minimum absolute atomic E-state index is 0.0354. The highest BCUT2D eigenvalue weighted by Crippen LogP contribution is 2.47. The van der Waals surface area contributed by atoms with Crippen molar-refractivity contribution in [3.63, 3.8) is 0 Å². The molecule has 0 radical (unpaired) electrons. The zero-order chi connectivity index (χ0) is 25.9. The SMILES string of the molecule is O=C(NCCO)C1=CC(N(Cc2ccccc2F)C(=O)CC2CCCC2)C(O)C2Oc3ccccc3C12. The second-order valence-electron chi connectivity index (χ2n) is 10.1. The smallest absolute Gasteiger partial charge is 0.247 e. The number of nitrogens with one attached hydrogen (secondary N) is 1. The summed E-state index contributed by atoms with van der Waals surface area (Å²) >= 11 is 0. The summed E-state index contributed by atoms with van der Waals surface area (Å²) in [5.41, 5.74) is 1.49. The zero-order valence-electron chi connectivity index (χ0n) is 20.7. The first-order valence-corrected chi connectivity index (χ1v) is 13.0. The molecule has 5 rings (SSSR count). The summed E-state index contributed by atoms with van der Waals surface area (Å²) in [6.45, 7) is -0.180. The van der Waals surface area contributed by atoms with Crippen LogP contribution in [-0.2, 0) is 16.1 Å². The third-order valence-electron chi connectivity index (χ3n) is 7.79. The second kappa shape index (κ2) is 11.0. The molecule has 4 unspecified atom stereocenters. The zero-order valence-corrected chi connectivity index (χ0v) is 20.7. The van der Waals surface area contributed by atoms with Crippen LogP contribution in [0.2, 0.25) is 0 Å². The molecule has 7 nitrogen and oxygen atoms in total. The number of aliphatic hydroxyl groups is 2. The summed E-state index contributed by atoms with van der Waals surface area (Å²) < 4.78 is 20.8. The minimum atomic E-state index is -1.13. The molecule has 1 saturated carbocycles. The molecule has 37 heavy (non-hydrogen) atoms. The van der Waals surface area contributed by atoms with E-state index in [1.54, 1.807) is 30.3 Å². The van der Waals surface area contributed by atoms with Crippen LogP contribution in [0.1, 0.15) is 49.1 Å². The van der Waals surface area contributed by atoms with Gasteiger partial charge in [-0.1, -0.05) is 49.2 Å². The van der Waals surface area contributed by atoms with Gasteiger partial charge in [-0.25, -0.2) is 4.39 Å². The molecule has 2 aromatic rings. The molecule has 0 bridgehead atoms. The van der Waals surface area contributed by atoms with Crippen LogP contribution in [0.15, 0.2) is 60.2 Å². The molecule has 2 aromatic carbocycles. The summed E-state index contributed by atoms with van der Waals surface area (Å²) in [6, 6.07) is 12.7. The number of ether oxygens (including phenoxy) is 1. The normalized spacial score (nSPS) is 24.6. The van der Waals surface area contributed by atoms with E-state index in [0.717, 1.165) is 31.2 Å². The highest BCUT2D eigenvalue weighted by atomic mass is 19.1. The minimum Gasteiger partial charge on any atom is -0.486 e. The number of fused-ring (bicyclic) bond motifs is 3. The molecule has 3 aliphatic rings. The van der Waals surface area contributed by atoms with Crippen molar-refractivity contribution in [3.05, 3.63) is 77.1 Å². The van der Waals surface area contributed by atoms with Gasteiger partial charge in [0.1, 0.15) is 23.8 Å². The molecule has 2 aliphatic carbocycles. The average Bonchev–Trinajstić information content (AvgIpc) is 3.55. The van der Waals surface area contributed by atoms with Crippen molar-refractivity contribution in [1.82, 2.24) is 10.2 Å². The van der Waals surface area contributed by atoms with Crippen LogP contribution in [0.25, 0.3) is 0 Å². The van der Waals surface area contributed by atoms with E-state index >= 15 is 0 Å². The molecule has 3 N–H and O–H groups in total. The summed E-state index contributed by atoms with van der Waals surface area (Å²) in [5, 5.41) is 23.5. The van der Waals surface area contributed by atoms with Gasteiger partial charge < -0.3 is 25.2 Å². The molecule has 4 atom stereocenters. The van der Waals surface area contributed by atoms with Crippen LogP contribution in [0, 0.1) is 11.7 Å². The van der Waals surface area contributed by atoms with E-state index in [9.17, 15) is 24.2 Å². The standard InChI is InChI=1S/C29H33FN2O5/c30-22-11-5-3-9-19(22)17-32(25(34)15-18-7-1-2-8-18)23-16-21(29(36)31-13-14-33)26-20-10-4-6-12-24(20)37-28(26)27(23)35/h3-6,9-12,16,18,23,26-28,33,35H,1-2,7-8,13-15,17H2,(H,31,36). The maximum absolute atomic E-state index is 14.7. The number of nitrogens with zero attached hydrogens (tertiary/aromatic N) is 1. The van der Waals surface area contributed by atoms with E-state index < -0.39 is 35.9 Å². The van der Waals surface area contributed by atoms with Gasteiger partial charge in [-0.2, -0.15) is 0 Å². The maximum atomic E-state index is 14.7. The van der Waals surface area contributed by atoms with Gasteiger partial charge in [0.2, 0.25) is 11.8 Å². The fraction of sp³-hybridized carbons (Fsp3) is 0.448. The van der Waals surface area contributed by atoms with Crippen LogP contribution < -0.4 is 10.1 Å². The summed E-state index contributed by atoms with van der Waals surface area (Å²) in [4.78, 5) is 28.5. The number of benzene rings is 2. The Kier molecular flexibility index (Phi) is 7.58. The predicted octanol–water partition coefficient (Wildman–Crippen LogP) is 3.06. The lowest BCUT2D eigenvalue weighted by atomic mass is 9.77. The number of carbonyl (C=O) groups is 2. The number of rotatable bonds is 8. The molecule has 1 aliphatic heterocycles. The van der Waals surface area contributed by atoms with E-state index in [-0.39, 0.29) is 31.5 Å². The van der Waals surface area contributed by atoms with Gasteiger partial charge in [0.15, 0.2) is 0 Å². The number of hydrogen-bond donors (Lipinski definition) is 3. The predicted molar refractivity (Wildman–Crippen MR) is 135 cm³/mol. The lowest BCUT2D eigenvalue weighted by molar-refractivity contribution is -0.139. The van der Waals surface area contributed by atoms with Gasteiger partial charge in [0.25, 0.3) is 0 Å². The van der Waals surface area contributed by atoms with E-state index in [4.69, 9.17) is 4.74 Å². The van der Waals surface area contributed by atoms with Crippen LogP contribution in [0.5, 0.6) is 5.75 Å². The Bertz CT molecular complexity index is 1180. The molecule has 2 amide bonds. The van der Waals surface area contributed by atoms with E-state index in [1.807, 2.05) is 18.2 Å². The Morgan fingerprint density at radius 1 is 1.08 bits per heavy atom. The molecule has 1 heterocycles. The lowest BCUT2D eigenvalue weighted by Crippen LogP contribution is -2.55. The van der Waals surface area contributed by atoms with E-state index in [0.29, 0.717) is 23.3 Å². The maximum Gasteiger partial charge on any atom is 0.247 e. The first kappa shape index (κ1) is 25.4. The average molecular weight is 509 g/mol. The highest BCUT2D eigenvalue weighted by Gasteiger charge is 2.50. The number of halogens is 1. The Morgan fingerprint density at radius 3 is 2.57 bits per heavy atom. The fourth-order valence-corrected chi connectivity index (χ4v) is 5.94. The van der Waals surface area contributed by atoms with E-state index in [2.05, 4.69) is 5.32 Å². The Balaban J connectivity index is 1.53. The Hall–Kier alpha value is -3.23. The van der Waals surface area contributed by atoms with Crippen molar-refractivity contribution in [2.75, 3.05) is 13.2 Å². The topological polar surface area (TPSA) is 99.1 Å². The van der Waals surface area contributed by atoms with Crippen LogP contribution >= 0.6 is 0 Å². The number of amides is 2. The first-order chi connectivity index (χ1) is 18.0. The van der Waals surface area contributed by atoms with Crippen molar-refractivity contribution < 1.29 is 28.9 Å². The number of para-hydroxylation sites is 1. The molecule has 1 fully saturated rings. The van der Waals surface area contributed by atoms with Crippen LogP contribution in [0.3, 0.4) is 0 Å². The van der Waals surface area contributed by atoms with Crippen molar-refractivity contribution in [2.24, 2.45) is 5.92 Å². The molecular weight excluding hydrogens is 475 g/mol. The molecule has 196 valence electrons. The van der Waals surface area contributed by atoms with Gasteiger partial charge in [0.05, 0.1) is 18.6 Å². The number of aliphatic hydroxyl groups excluding tert-OH is 2. The molecular formula is C29H33FN2O5. The van der Waals surface area contributed by atoms with Crippen molar-refractivity contribution in [3.8, 4) is 5.75 Å². The van der Waals surface area contributed by atoms with Gasteiger partial charge in [-0.15, -0.1) is 0 Å². The Labute approximate surface area is 215 Å². The Morgan fingerprint density at radius 2 is 1.81 bits per heavy atom. The number of hydrogen-bond acceptors (Lipinski definition) is 5. The van der Waals surface area contributed by atoms with Gasteiger partial charge in [-0.05, 0) is 37.0 Å². The van der Waals surface area contributed by atoms with Crippen LogP contribution in [-0.4, -0.2) is 58.3 Å². The fourth-order valence-electron chi connectivity index (χ4n) is 5.94. The monoisotopic (exact) mass is 508 g/mol. The summed E-state index contributed by atoms with van der Waals surface area (Å²) in [6.07, 6.45) is 4.14. The van der Waals surface area contributed by atoms with Gasteiger partial charge in [-0.3, -0.25) is 9.59 Å². The van der Waals surface area contributed by atoms with Crippen molar-refractivity contribution >= 4 is 11.8 Å². The van der Waals surface area contributed by atoms with Gasteiger partial charge >= 0.3 is 0 Å². The third-order valence-corrected chi connectivity index (χ3v) is 7.79. The van der Waals surface area contributed by atoms with Crippen LogP contribution in [0.4, 0.5) is 4.39 Å². The first-order valence-electron chi connectivity index (χ1n) is 13.0. The van der Waals surface area contributed by atoms with Crippen molar-refractivity contribution in [1.29, 1.82) is 0 Å². The quantitative estimate of drug-likeness (QED) is 0.509. The molecule has 8 heteroatoms. The lowest BCUT2D eigenvalue weighted by Gasteiger charge is -2.41. The summed E-state index contributed by atoms with van der Waals surface area (Å²) in [5.74, 6) is -0.696. The summed E-state index contributed by atoms with van der Waals surface area (Å²) in [7, 11) is 0. The van der Waals surface area contributed by atoms with E-state index in [1.165, 1.54) is 11.0 Å². The van der Waals surface area contributed by atoms with Gasteiger partial charge in [0, 0.05) is 36.2 Å². The second-order valence-corrected chi connectivity index (χ2v) is 10.1. The largest absolute Gasteiger partial charge is 0.486 e. The molecule has 0 aromatic heterocycles. The number of carbonyl (C=O) groups excluding carboxylic acids is 2. The molecule has 0 saturated heterocycles.